The average Bonchev–Trinajstić information content (AvgIpc) is 2.63. The van der Waals surface area contributed by atoms with Crippen LogP contribution in [0.2, 0.25) is 0 Å². The molecule has 0 heterocycles. The van der Waals surface area contributed by atoms with Crippen LogP contribution >= 0.6 is 0 Å². The minimum atomic E-state index is -0.552. The largest absolute Gasteiger partial charge is 0.372 e. The smallest absolute Gasteiger partial charge is 0.251 e. The lowest BCUT2D eigenvalue weighted by molar-refractivity contribution is -0.0164. The summed E-state index contributed by atoms with van der Waals surface area (Å²) in [5.41, 5.74) is 1.54. The minimum Gasteiger partial charge on any atom is -0.372 e. The van der Waals surface area contributed by atoms with Gasteiger partial charge in [0, 0.05) is 12.7 Å². The van der Waals surface area contributed by atoms with E-state index < -0.39 is 5.60 Å². The van der Waals surface area contributed by atoms with Gasteiger partial charge < -0.3 is 10.1 Å². The van der Waals surface area contributed by atoms with Crippen molar-refractivity contribution in [1.29, 1.82) is 5.26 Å². The van der Waals surface area contributed by atoms with Gasteiger partial charge in [0.15, 0.2) is 0 Å². The van der Waals surface area contributed by atoms with Crippen LogP contribution in [0.3, 0.4) is 0 Å². The van der Waals surface area contributed by atoms with Crippen LogP contribution in [0.1, 0.15) is 34.8 Å². The van der Waals surface area contributed by atoms with E-state index in [2.05, 4.69) is 5.32 Å². The second-order valence-electron chi connectivity index (χ2n) is 5.29. The number of amides is 1. The number of rotatable bonds is 6. The first-order chi connectivity index (χ1) is 11.1. The molecule has 1 amide bonds. The molecule has 1 atom stereocenters. The van der Waals surface area contributed by atoms with Crippen LogP contribution in [0.5, 0.6) is 0 Å². The zero-order valence-electron chi connectivity index (χ0n) is 13.4. The van der Waals surface area contributed by atoms with Gasteiger partial charge in [0.25, 0.3) is 5.91 Å². The number of nitrogens with zero attached hydrogens (tertiary/aromatic N) is 1. The maximum absolute atomic E-state index is 12.3. The monoisotopic (exact) mass is 308 g/mol. The Bertz CT molecular complexity index is 684. The molecule has 23 heavy (non-hydrogen) atoms. The molecule has 2 rings (SSSR count). The fraction of sp³-hybridized carbons (Fsp3) is 0.263. The Morgan fingerprint density at radius 3 is 2.35 bits per heavy atom. The van der Waals surface area contributed by atoms with Gasteiger partial charge in [0.05, 0.1) is 18.2 Å². The van der Waals surface area contributed by atoms with E-state index in [-0.39, 0.29) is 5.91 Å². The molecular formula is C19H20N2O2. The second-order valence-corrected chi connectivity index (χ2v) is 5.29. The van der Waals surface area contributed by atoms with Crippen LogP contribution < -0.4 is 5.32 Å². The normalized spacial score (nSPS) is 12.9. The molecule has 4 nitrogen and oxygen atoms in total. The Labute approximate surface area is 136 Å². The molecule has 2 aromatic rings. The summed E-state index contributed by atoms with van der Waals surface area (Å²) in [5, 5.41) is 11.7. The summed E-state index contributed by atoms with van der Waals surface area (Å²) in [4.78, 5) is 12.3. The van der Waals surface area contributed by atoms with Crippen molar-refractivity contribution in [3.05, 3.63) is 71.3 Å². The number of carbonyl (C=O) groups is 1. The van der Waals surface area contributed by atoms with Crippen LogP contribution in [0.4, 0.5) is 0 Å². The van der Waals surface area contributed by atoms with Crippen LogP contribution in [0.15, 0.2) is 54.6 Å². The van der Waals surface area contributed by atoms with Crippen LogP contribution in [-0.2, 0) is 10.3 Å². The first-order valence-corrected chi connectivity index (χ1v) is 7.54. The lowest BCUT2D eigenvalue weighted by Crippen LogP contribution is -2.41. The summed E-state index contributed by atoms with van der Waals surface area (Å²) in [6.45, 7) is 2.41. The SMILES string of the molecule is CCC(CNC(=O)c1ccc(C#N)cc1)(OC)c1ccccc1. The quantitative estimate of drug-likeness (QED) is 0.891. The van der Waals surface area contributed by atoms with Gasteiger partial charge in [-0.25, -0.2) is 0 Å². The van der Waals surface area contributed by atoms with Crippen molar-refractivity contribution >= 4 is 5.91 Å². The van der Waals surface area contributed by atoms with Crippen molar-refractivity contribution in [2.75, 3.05) is 13.7 Å². The van der Waals surface area contributed by atoms with Crippen molar-refractivity contribution in [2.45, 2.75) is 18.9 Å². The first-order valence-electron chi connectivity index (χ1n) is 7.54. The molecule has 2 aromatic carbocycles. The molecule has 0 saturated carbocycles. The number of carbonyl (C=O) groups excluding carboxylic acids is 1. The van der Waals surface area contributed by atoms with Crippen LogP contribution in [0, 0.1) is 11.3 Å². The summed E-state index contributed by atoms with van der Waals surface area (Å²) < 4.78 is 5.74. The van der Waals surface area contributed by atoms with E-state index in [9.17, 15) is 4.79 Å². The standard InChI is InChI=1S/C19H20N2O2/c1-3-19(23-2,17-7-5-4-6-8-17)14-21-18(22)16-11-9-15(13-20)10-12-16/h4-12H,3,14H2,1-2H3,(H,21,22). The number of hydrogen-bond acceptors (Lipinski definition) is 3. The molecule has 0 spiro atoms. The fourth-order valence-electron chi connectivity index (χ4n) is 2.53. The number of benzene rings is 2. The van der Waals surface area contributed by atoms with E-state index in [0.717, 1.165) is 12.0 Å². The molecule has 0 fully saturated rings. The maximum Gasteiger partial charge on any atom is 0.251 e. The predicted octanol–water partition coefficient (Wildman–Crippen LogP) is 3.24. The van der Waals surface area contributed by atoms with E-state index in [0.29, 0.717) is 17.7 Å². The van der Waals surface area contributed by atoms with Gasteiger partial charge in [-0.1, -0.05) is 37.3 Å². The predicted molar refractivity (Wildman–Crippen MR) is 88.9 cm³/mol. The second kappa shape index (κ2) is 7.57. The molecular weight excluding hydrogens is 288 g/mol. The molecule has 0 aromatic heterocycles. The molecule has 1 unspecified atom stereocenters. The zero-order valence-corrected chi connectivity index (χ0v) is 13.4. The summed E-state index contributed by atoms with van der Waals surface area (Å²) in [5.74, 6) is -0.180. The highest BCUT2D eigenvalue weighted by atomic mass is 16.5. The van der Waals surface area contributed by atoms with Crippen LogP contribution in [-0.4, -0.2) is 19.6 Å². The van der Waals surface area contributed by atoms with Crippen molar-refractivity contribution in [3.8, 4) is 6.07 Å². The van der Waals surface area contributed by atoms with Crippen molar-refractivity contribution < 1.29 is 9.53 Å². The Kier molecular flexibility index (Phi) is 5.51. The van der Waals surface area contributed by atoms with E-state index in [4.69, 9.17) is 10.00 Å². The molecule has 0 bridgehead atoms. The first kappa shape index (κ1) is 16.7. The molecule has 0 radical (unpaired) electrons. The molecule has 0 aliphatic heterocycles. The third kappa shape index (κ3) is 3.77. The van der Waals surface area contributed by atoms with E-state index >= 15 is 0 Å². The Morgan fingerprint density at radius 2 is 1.83 bits per heavy atom. The fourth-order valence-corrected chi connectivity index (χ4v) is 2.53. The van der Waals surface area contributed by atoms with Gasteiger partial charge in [0.1, 0.15) is 5.60 Å². The highest BCUT2D eigenvalue weighted by Gasteiger charge is 2.30. The van der Waals surface area contributed by atoms with E-state index in [1.165, 1.54) is 0 Å². The number of nitriles is 1. The van der Waals surface area contributed by atoms with Gasteiger partial charge in [0.2, 0.25) is 0 Å². The Hall–Kier alpha value is -2.64. The zero-order chi connectivity index (χ0) is 16.7. The van der Waals surface area contributed by atoms with Gasteiger partial charge in [-0.15, -0.1) is 0 Å². The Balaban J connectivity index is 2.12. The van der Waals surface area contributed by atoms with Gasteiger partial charge >= 0.3 is 0 Å². The minimum absolute atomic E-state index is 0.180. The summed E-state index contributed by atoms with van der Waals surface area (Å²) in [7, 11) is 1.66. The van der Waals surface area contributed by atoms with Crippen molar-refractivity contribution in [2.24, 2.45) is 0 Å². The Morgan fingerprint density at radius 1 is 1.17 bits per heavy atom. The van der Waals surface area contributed by atoms with E-state index in [1.807, 2.05) is 43.3 Å². The number of nitrogens with one attached hydrogen (secondary N) is 1. The third-order valence-electron chi connectivity index (χ3n) is 4.07. The topological polar surface area (TPSA) is 62.1 Å². The lowest BCUT2D eigenvalue weighted by atomic mass is 9.90. The lowest BCUT2D eigenvalue weighted by Gasteiger charge is -2.32. The van der Waals surface area contributed by atoms with Crippen molar-refractivity contribution in [1.82, 2.24) is 5.32 Å². The maximum atomic E-state index is 12.3. The molecule has 0 saturated heterocycles. The van der Waals surface area contributed by atoms with Crippen LogP contribution in [0.25, 0.3) is 0 Å². The number of hydrogen-bond donors (Lipinski definition) is 1. The van der Waals surface area contributed by atoms with E-state index in [1.54, 1.807) is 31.4 Å². The summed E-state index contributed by atoms with van der Waals surface area (Å²) in [6.07, 6.45) is 0.737. The highest BCUT2D eigenvalue weighted by Crippen LogP contribution is 2.28. The highest BCUT2D eigenvalue weighted by molar-refractivity contribution is 5.94. The third-order valence-corrected chi connectivity index (χ3v) is 4.07. The van der Waals surface area contributed by atoms with Crippen molar-refractivity contribution in [3.63, 3.8) is 0 Å². The molecule has 4 heteroatoms. The molecule has 0 aliphatic carbocycles. The summed E-state index contributed by atoms with van der Waals surface area (Å²) in [6, 6.07) is 18.5. The molecule has 118 valence electrons. The summed E-state index contributed by atoms with van der Waals surface area (Å²) >= 11 is 0. The van der Waals surface area contributed by atoms with Gasteiger partial charge in [-0.05, 0) is 36.2 Å². The average molecular weight is 308 g/mol. The molecule has 0 aliphatic rings. The van der Waals surface area contributed by atoms with Gasteiger partial charge in [-0.3, -0.25) is 4.79 Å². The van der Waals surface area contributed by atoms with Gasteiger partial charge in [-0.2, -0.15) is 5.26 Å². The number of ether oxygens (including phenoxy) is 1. The molecule has 1 N–H and O–H groups in total. The number of methoxy groups -OCH3 is 1.